The second-order valence-corrected chi connectivity index (χ2v) is 6.41. The minimum atomic E-state index is 0.683. The fourth-order valence-corrected chi connectivity index (χ4v) is 3.08. The first-order valence-corrected chi connectivity index (χ1v) is 8.80. The molecule has 0 aliphatic carbocycles. The number of aryl methyl sites for hydroxylation is 4. The fraction of sp³-hybridized carbons (Fsp3) is 0.182. The molecule has 2 aromatic carbocycles. The Morgan fingerprint density at radius 1 is 0.846 bits per heavy atom. The number of imidazole rings is 1. The number of aromatic nitrogens is 3. The van der Waals surface area contributed by atoms with Crippen LogP contribution in [-0.4, -0.2) is 14.5 Å². The standard InChI is InChI=1S/C22H21N3O/c1-16-19(24-22(26-16)18-11-7-4-8-12-18)13-14-21-23-20(15-25(21)2)17-9-5-3-6-10-17/h3-12,15H,13-14H2,1-2H3. The van der Waals surface area contributed by atoms with Crippen LogP contribution in [0.25, 0.3) is 22.7 Å². The highest BCUT2D eigenvalue weighted by Gasteiger charge is 2.13. The molecule has 0 aliphatic heterocycles. The van der Waals surface area contributed by atoms with E-state index >= 15 is 0 Å². The number of nitrogens with zero attached hydrogens (tertiary/aromatic N) is 3. The summed E-state index contributed by atoms with van der Waals surface area (Å²) in [5.41, 5.74) is 4.14. The minimum absolute atomic E-state index is 0.683. The van der Waals surface area contributed by atoms with Gasteiger partial charge in [-0.3, -0.25) is 0 Å². The van der Waals surface area contributed by atoms with Gasteiger partial charge < -0.3 is 8.98 Å². The predicted molar refractivity (Wildman–Crippen MR) is 103 cm³/mol. The summed E-state index contributed by atoms with van der Waals surface area (Å²) in [6, 6.07) is 20.3. The molecule has 0 N–H and O–H groups in total. The summed E-state index contributed by atoms with van der Waals surface area (Å²) in [6.45, 7) is 1.97. The summed E-state index contributed by atoms with van der Waals surface area (Å²) in [4.78, 5) is 9.48. The van der Waals surface area contributed by atoms with Crippen LogP contribution in [0.1, 0.15) is 17.3 Å². The van der Waals surface area contributed by atoms with Gasteiger partial charge in [-0.2, -0.15) is 0 Å². The van der Waals surface area contributed by atoms with E-state index in [0.29, 0.717) is 5.89 Å². The van der Waals surface area contributed by atoms with E-state index in [-0.39, 0.29) is 0 Å². The lowest BCUT2D eigenvalue weighted by Crippen LogP contribution is -2.01. The topological polar surface area (TPSA) is 43.9 Å². The van der Waals surface area contributed by atoms with Crippen LogP contribution in [0.15, 0.2) is 71.3 Å². The normalized spacial score (nSPS) is 11.0. The van der Waals surface area contributed by atoms with Crippen molar-refractivity contribution in [3.8, 4) is 22.7 Å². The molecular formula is C22H21N3O. The number of benzene rings is 2. The van der Waals surface area contributed by atoms with Gasteiger partial charge in [0, 0.05) is 37.2 Å². The lowest BCUT2D eigenvalue weighted by Gasteiger charge is -1.99. The van der Waals surface area contributed by atoms with E-state index in [4.69, 9.17) is 9.40 Å². The summed E-state index contributed by atoms with van der Waals surface area (Å²) in [5, 5.41) is 0. The molecule has 0 saturated heterocycles. The number of rotatable bonds is 5. The Kier molecular flexibility index (Phi) is 4.40. The van der Waals surface area contributed by atoms with Crippen LogP contribution in [0.3, 0.4) is 0 Å². The van der Waals surface area contributed by atoms with Gasteiger partial charge in [0.2, 0.25) is 5.89 Å². The first-order valence-electron chi connectivity index (χ1n) is 8.80. The van der Waals surface area contributed by atoms with E-state index in [1.165, 1.54) is 0 Å². The zero-order chi connectivity index (χ0) is 17.9. The molecule has 0 amide bonds. The van der Waals surface area contributed by atoms with Gasteiger partial charge >= 0.3 is 0 Å². The Labute approximate surface area is 153 Å². The zero-order valence-corrected chi connectivity index (χ0v) is 15.0. The second kappa shape index (κ2) is 7.00. The molecule has 2 aromatic heterocycles. The molecule has 0 fully saturated rings. The van der Waals surface area contributed by atoms with E-state index in [9.17, 15) is 0 Å². The largest absolute Gasteiger partial charge is 0.441 e. The average molecular weight is 343 g/mol. The Bertz CT molecular complexity index is 917. The fourth-order valence-electron chi connectivity index (χ4n) is 3.08. The molecule has 0 aliphatic rings. The molecule has 4 heteroatoms. The molecule has 0 saturated carbocycles. The summed E-state index contributed by atoms with van der Waals surface area (Å²) in [6.07, 6.45) is 3.71. The van der Waals surface area contributed by atoms with Gasteiger partial charge in [0.15, 0.2) is 0 Å². The monoisotopic (exact) mass is 343 g/mol. The molecule has 4 nitrogen and oxygen atoms in total. The zero-order valence-electron chi connectivity index (χ0n) is 15.0. The van der Waals surface area contributed by atoms with Crippen molar-refractivity contribution in [2.75, 3.05) is 0 Å². The van der Waals surface area contributed by atoms with Crippen molar-refractivity contribution in [2.45, 2.75) is 19.8 Å². The summed E-state index contributed by atoms with van der Waals surface area (Å²) in [5.74, 6) is 2.61. The van der Waals surface area contributed by atoms with Crippen molar-refractivity contribution in [1.82, 2.24) is 14.5 Å². The van der Waals surface area contributed by atoms with E-state index in [0.717, 1.165) is 46.9 Å². The summed E-state index contributed by atoms with van der Waals surface area (Å²) >= 11 is 0. The third-order valence-corrected chi connectivity index (χ3v) is 4.54. The van der Waals surface area contributed by atoms with Crippen molar-refractivity contribution in [3.63, 3.8) is 0 Å². The van der Waals surface area contributed by atoms with Gasteiger partial charge in [-0.1, -0.05) is 48.5 Å². The molecule has 0 unspecified atom stereocenters. The smallest absolute Gasteiger partial charge is 0.226 e. The number of oxazole rings is 1. The molecule has 0 radical (unpaired) electrons. The van der Waals surface area contributed by atoms with Crippen LogP contribution in [0.4, 0.5) is 0 Å². The van der Waals surface area contributed by atoms with Gasteiger partial charge in [-0.15, -0.1) is 0 Å². The van der Waals surface area contributed by atoms with E-state index in [1.54, 1.807) is 0 Å². The predicted octanol–water partition coefficient (Wildman–Crippen LogP) is 4.84. The maximum absolute atomic E-state index is 5.86. The van der Waals surface area contributed by atoms with Crippen LogP contribution in [0.2, 0.25) is 0 Å². The van der Waals surface area contributed by atoms with Gasteiger partial charge in [0.05, 0.1) is 11.4 Å². The molecule has 0 bridgehead atoms. The highest BCUT2D eigenvalue weighted by atomic mass is 16.4. The van der Waals surface area contributed by atoms with Gasteiger partial charge in [-0.25, -0.2) is 9.97 Å². The lowest BCUT2D eigenvalue weighted by molar-refractivity contribution is 0.539. The Morgan fingerprint density at radius 3 is 2.19 bits per heavy atom. The second-order valence-electron chi connectivity index (χ2n) is 6.41. The highest BCUT2D eigenvalue weighted by Crippen LogP contribution is 2.23. The lowest BCUT2D eigenvalue weighted by atomic mass is 10.2. The van der Waals surface area contributed by atoms with Crippen LogP contribution in [0, 0.1) is 6.92 Å². The molecular weight excluding hydrogens is 322 g/mol. The third kappa shape index (κ3) is 3.31. The van der Waals surface area contributed by atoms with Crippen molar-refractivity contribution in [1.29, 1.82) is 0 Å². The molecule has 2 heterocycles. The first-order chi connectivity index (χ1) is 12.7. The first kappa shape index (κ1) is 16.3. The van der Waals surface area contributed by atoms with Crippen LogP contribution >= 0.6 is 0 Å². The average Bonchev–Trinajstić information content (AvgIpc) is 3.24. The summed E-state index contributed by atoms with van der Waals surface area (Å²) < 4.78 is 7.95. The van der Waals surface area contributed by atoms with Crippen LogP contribution < -0.4 is 0 Å². The molecule has 26 heavy (non-hydrogen) atoms. The van der Waals surface area contributed by atoms with E-state index < -0.39 is 0 Å². The Hall–Kier alpha value is -3.14. The maximum atomic E-state index is 5.86. The minimum Gasteiger partial charge on any atom is -0.441 e. The Morgan fingerprint density at radius 2 is 1.50 bits per heavy atom. The molecule has 0 atom stereocenters. The van der Waals surface area contributed by atoms with Crippen molar-refractivity contribution in [3.05, 3.63) is 84.1 Å². The highest BCUT2D eigenvalue weighted by molar-refractivity contribution is 5.58. The van der Waals surface area contributed by atoms with Gasteiger partial charge in [0.25, 0.3) is 0 Å². The third-order valence-electron chi connectivity index (χ3n) is 4.54. The number of hydrogen-bond acceptors (Lipinski definition) is 3. The van der Waals surface area contributed by atoms with Crippen molar-refractivity contribution >= 4 is 0 Å². The van der Waals surface area contributed by atoms with Crippen LogP contribution in [0.5, 0.6) is 0 Å². The molecule has 4 aromatic rings. The SMILES string of the molecule is Cc1oc(-c2ccccc2)nc1CCc1nc(-c2ccccc2)cn1C. The maximum Gasteiger partial charge on any atom is 0.226 e. The number of hydrogen-bond donors (Lipinski definition) is 0. The van der Waals surface area contributed by atoms with Crippen LogP contribution in [-0.2, 0) is 19.9 Å². The molecule has 130 valence electrons. The molecule has 0 spiro atoms. The van der Waals surface area contributed by atoms with Gasteiger partial charge in [-0.05, 0) is 19.1 Å². The Balaban J connectivity index is 1.51. The van der Waals surface area contributed by atoms with Crippen molar-refractivity contribution < 1.29 is 4.42 Å². The van der Waals surface area contributed by atoms with Gasteiger partial charge in [0.1, 0.15) is 11.6 Å². The summed E-state index contributed by atoms with van der Waals surface area (Å²) in [7, 11) is 2.04. The quantitative estimate of drug-likeness (QED) is 0.521. The van der Waals surface area contributed by atoms with Crippen molar-refractivity contribution in [2.24, 2.45) is 7.05 Å². The van der Waals surface area contributed by atoms with E-state index in [2.05, 4.69) is 27.9 Å². The molecule has 4 rings (SSSR count). The van der Waals surface area contributed by atoms with E-state index in [1.807, 2.05) is 62.5 Å².